The van der Waals surface area contributed by atoms with Gasteiger partial charge in [0, 0.05) is 13.1 Å². The van der Waals surface area contributed by atoms with E-state index >= 15 is 0 Å². The summed E-state index contributed by atoms with van der Waals surface area (Å²) in [5, 5.41) is 6.70. The molecule has 0 spiro atoms. The zero-order valence-electron chi connectivity index (χ0n) is 11.3. The maximum absolute atomic E-state index is 12.2. The third kappa shape index (κ3) is 2.49. The van der Waals surface area contributed by atoms with Gasteiger partial charge >= 0.3 is 6.03 Å². The lowest BCUT2D eigenvalue weighted by Gasteiger charge is -2.17. The van der Waals surface area contributed by atoms with Gasteiger partial charge in [-0.2, -0.15) is 4.98 Å². The molecule has 2 amide bonds. The minimum atomic E-state index is -0.0776. The Morgan fingerprint density at radius 3 is 2.75 bits per heavy atom. The number of likely N-dealkylation sites (tertiary alicyclic amines) is 1. The number of urea groups is 1. The van der Waals surface area contributed by atoms with Crippen molar-refractivity contribution in [1.29, 1.82) is 0 Å². The molecule has 0 bridgehead atoms. The van der Waals surface area contributed by atoms with Crippen molar-refractivity contribution in [3.63, 3.8) is 0 Å². The number of amides is 2. The molecule has 6 heteroatoms. The highest BCUT2D eigenvalue weighted by Gasteiger charge is 2.19. The summed E-state index contributed by atoms with van der Waals surface area (Å²) >= 11 is 0. The molecule has 1 aromatic carbocycles. The Labute approximate surface area is 116 Å². The number of nitrogens with zero attached hydrogens (tertiary/aromatic N) is 3. The maximum atomic E-state index is 12.2. The van der Waals surface area contributed by atoms with Gasteiger partial charge in [-0.05, 0) is 31.9 Å². The number of para-hydroxylation sites is 1. The second kappa shape index (κ2) is 5.32. The van der Waals surface area contributed by atoms with Crippen molar-refractivity contribution in [3.05, 3.63) is 30.1 Å². The Bertz CT molecular complexity index is 617. The lowest BCUT2D eigenvalue weighted by atomic mass is 10.2. The van der Waals surface area contributed by atoms with Gasteiger partial charge in [0.05, 0.1) is 11.3 Å². The normalized spacial score (nSPS) is 14.6. The Kier molecular flexibility index (Phi) is 3.37. The molecule has 0 unspecified atom stereocenters. The van der Waals surface area contributed by atoms with Crippen molar-refractivity contribution in [3.8, 4) is 11.5 Å². The number of aryl methyl sites for hydroxylation is 1. The lowest BCUT2D eigenvalue weighted by Crippen LogP contribution is -2.32. The third-order valence-corrected chi connectivity index (χ3v) is 3.32. The van der Waals surface area contributed by atoms with Crippen LogP contribution in [0, 0.1) is 6.92 Å². The number of aromatic nitrogens is 2. The van der Waals surface area contributed by atoms with Crippen molar-refractivity contribution >= 4 is 11.7 Å². The van der Waals surface area contributed by atoms with Crippen molar-refractivity contribution < 1.29 is 9.32 Å². The second-order valence-corrected chi connectivity index (χ2v) is 4.82. The van der Waals surface area contributed by atoms with E-state index in [2.05, 4.69) is 15.5 Å². The first-order chi connectivity index (χ1) is 9.74. The number of benzene rings is 1. The van der Waals surface area contributed by atoms with E-state index in [-0.39, 0.29) is 6.03 Å². The largest absolute Gasteiger partial charge is 0.334 e. The summed E-state index contributed by atoms with van der Waals surface area (Å²) in [5.74, 6) is 0.987. The molecule has 6 nitrogen and oxygen atoms in total. The Balaban J connectivity index is 1.84. The Morgan fingerprint density at radius 2 is 2.05 bits per heavy atom. The summed E-state index contributed by atoms with van der Waals surface area (Å²) in [4.78, 5) is 18.2. The molecule has 1 fully saturated rings. The van der Waals surface area contributed by atoms with Crippen LogP contribution in [0.25, 0.3) is 11.5 Å². The number of hydrogen-bond donors (Lipinski definition) is 1. The number of carbonyl (C=O) groups excluding carboxylic acids is 1. The van der Waals surface area contributed by atoms with Gasteiger partial charge in [0.25, 0.3) is 5.89 Å². The molecule has 1 N–H and O–H groups in total. The third-order valence-electron chi connectivity index (χ3n) is 3.32. The van der Waals surface area contributed by atoms with E-state index in [1.807, 2.05) is 29.2 Å². The predicted molar refractivity (Wildman–Crippen MR) is 74.3 cm³/mol. The number of hydrogen-bond acceptors (Lipinski definition) is 4. The molecule has 1 saturated heterocycles. The van der Waals surface area contributed by atoms with Crippen molar-refractivity contribution in [2.75, 3.05) is 18.4 Å². The van der Waals surface area contributed by atoms with E-state index in [1.54, 1.807) is 6.92 Å². The fraction of sp³-hybridized carbons (Fsp3) is 0.357. The molecule has 104 valence electrons. The van der Waals surface area contributed by atoms with Gasteiger partial charge in [0.2, 0.25) is 0 Å². The standard InChI is InChI=1S/C14H16N4O2/c1-10-15-13(20-17-10)11-6-2-3-7-12(11)16-14(19)18-8-4-5-9-18/h2-3,6-7H,4-5,8-9H2,1H3,(H,16,19). The van der Waals surface area contributed by atoms with E-state index < -0.39 is 0 Å². The van der Waals surface area contributed by atoms with Gasteiger partial charge in [-0.1, -0.05) is 17.3 Å². The molecule has 3 rings (SSSR count). The van der Waals surface area contributed by atoms with Crippen LogP contribution >= 0.6 is 0 Å². The van der Waals surface area contributed by atoms with Crippen LogP contribution in [0.15, 0.2) is 28.8 Å². The lowest BCUT2D eigenvalue weighted by molar-refractivity contribution is 0.222. The zero-order chi connectivity index (χ0) is 13.9. The summed E-state index contributed by atoms with van der Waals surface area (Å²) in [7, 11) is 0. The smallest absolute Gasteiger partial charge is 0.321 e. The number of anilines is 1. The van der Waals surface area contributed by atoms with Crippen LogP contribution < -0.4 is 5.32 Å². The highest BCUT2D eigenvalue weighted by molar-refractivity contribution is 5.93. The minimum absolute atomic E-state index is 0.0776. The van der Waals surface area contributed by atoms with E-state index in [0.29, 0.717) is 17.4 Å². The van der Waals surface area contributed by atoms with E-state index in [9.17, 15) is 4.79 Å². The predicted octanol–water partition coefficient (Wildman–Crippen LogP) is 2.67. The highest BCUT2D eigenvalue weighted by atomic mass is 16.5. The number of nitrogens with one attached hydrogen (secondary N) is 1. The van der Waals surface area contributed by atoms with Crippen molar-refractivity contribution in [1.82, 2.24) is 15.0 Å². The minimum Gasteiger partial charge on any atom is -0.334 e. The van der Waals surface area contributed by atoms with Crippen LogP contribution in [0.2, 0.25) is 0 Å². The molecule has 0 aliphatic carbocycles. The molecule has 0 atom stereocenters. The zero-order valence-corrected chi connectivity index (χ0v) is 11.3. The van der Waals surface area contributed by atoms with Gasteiger partial charge in [0.15, 0.2) is 5.82 Å². The first kappa shape index (κ1) is 12.7. The molecule has 20 heavy (non-hydrogen) atoms. The van der Waals surface area contributed by atoms with E-state index in [4.69, 9.17) is 4.52 Å². The summed E-state index contributed by atoms with van der Waals surface area (Å²) in [6.07, 6.45) is 2.13. The van der Waals surface area contributed by atoms with E-state index in [0.717, 1.165) is 31.5 Å². The average molecular weight is 272 g/mol. The van der Waals surface area contributed by atoms with Crippen LogP contribution in [0.4, 0.5) is 10.5 Å². The molecule has 2 aromatic rings. The van der Waals surface area contributed by atoms with Crippen LogP contribution in [0.5, 0.6) is 0 Å². The number of carbonyl (C=O) groups is 1. The second-order valence-electron chi connectivity index (χ2n) is 4.82. The molecule has 1 aromatic heterocycles. The molecule has 2 heterocycles. The molecular formula is C14H16N4O2. The van der Waals surface area contributed by atoms with Gasteiger partial charge in [0.1, 0.15) is 0 Å². The van der Waals surface area contributed by atoms with Gasteiger partial charge in [-0.3, -0.25) is 0 Å². The summed E-state index contributed by atoms with van der Waals surface area (Å²) in [6, 6.07) is 7.36. The first-order valence-electron chi connectivity index (χ1n) is 6.70. The monoisotopic (exact) mass is 272 g/mol. The van der Waals surface area contributed by atoms with Crippen molar-refractivity contribution in [2.24, 2.45) is 0 Å². The highest BCUT2D eigenvalue weighted by Crippen LogP contribution is 2.26. The van der Waals surface area contributed by atoms with Gasteiger partial charge in [-0.15, -0.1) is 0 Å². The molecule has 0 radical (unpaired) electrons. The Morgan fingerprint density at radius 1 is 1.30 bits per heavy atom. The Hall–Kier alpha value is -2.37. The van der Waals surface area contributed by atoms with Crippen LogP contribution in [-0.2, 0) is 0 Å². The molecule has 1 aliphatic heterocycles. The molecule has 0 saturated carbocycles. The summed E-state index contributed by atoms with van der Waals surface area (Å²) < 4.78 is 5.17. The topological polar surface area (TPSA) is 71.3 Å². The fourth-order valence-corrected chi connectivity index (χ4v) is 2.30. The van der Waals surface area contributed by atoms with Gasteiger partial charge in [-0.25, -0.2) is 4.79 Å². The van der Waals surface area contributed by atoms with Crippen LogP contribution in [-0.4, -0.2) is 34.2 Å². The quantitative estimate of drug-likeness (QED) is 0.912. The maximum Gasteiger partial charge on any atom is 0.321 e. The number of rotatable bonds is 2. The van der Waals surface area contributed by atoms with E-state index in [1.165, 1.54) is 0 Å². The first-order valence-corrected chi connectivity index (χ1v) is 6.70. The molecular weight excluding hydrogens is 256 g/mol. The SMILES string of the molecule is Cc1noc(-c2ccccc2NC(=O)N2CCCC2)n1. The summed E-state index contributed by atoms with van der Waals surface area (Å²) in [5.41, 5.74) is 1.42. The van der Waals surface area contributed by atoms with Crippen molar-refractivity contribution in [2.45, 2.75) is 19.8 Å². The molecule has 1 aliphatic rings. The summed E-state index contributed by atoms with van der Waals surface area (Å²) in [6.45, 7) is 3.39. The average Bonchev–Trinajstić information content (AvgIpc) is 3.10. The van der Waals surface area contributed by atoms with Gasteiger partial charge < -0.3 is 14.7 Å². The van der Waals surface area contributed by atoms with Crippen LogP contribution in [0.3, 0.4) is 0 Å². The van der Waals surface area contributed by atoms with Crippen LogP contribution in [0.1, 0.15) is 18.7 Å². The fourth-order valence-electron chi connectivity index (χ4n) is 2.30.